The third-order valence-corrected chi connectivity index (χ3v) is 2.69. The van der Waals surface area contributed by atoms with Crippen LogP contribution in [0.2, 0.25) is 0 Å². The summed E-state index contributed by atoms with van der Waals surface area (Å²) >= 11 is 0. The first-order valence-electron chi connectivity index (χ1n) is 5.42. The van der Waals surface area contributed by atoms with Gasteiger partial charge in [-0.15, -0.1) is 0 Å². The van der Waals surface area contributed by atoms with E-state index in [1.54, 1.807) is 4.57 Å². The summed E-state index contributed by atoms with van der Waals surface area (Å²) in [6.45, 7) is 2.55. The molecule has 16 heavy (non-hydrogen) atoms. The summed E-state index contributed by atoms with van der Waals surface area (Å²) in [6.07, 6.45) is 2.20. The predicted octanol–water partition coefficient (Wildman–Crippen LogP) is 1.13. The highest BCUT2D eigenvalue weighted by molar-refractivity contribution is 5.74. The minimum Gasteiger partial charge on any atom is -0.326 e. The molecule has 1 aromatic carbocycles. The largest absolute Gasteiger partial charge is 0.326 e. The van der Waals surface area contributed by atoms with E-state index in [-0.39, 0.29) is 11.6 Å². The van der Waals surface area contributed by atoms with Crippen molar-refractivity contribution >= 4 is 11.0 Å². The Labute approximate surface area is 93.7 Å². The Balaban J connectivity index is 2.57. The first-order valence-corrected chi connectivity index (χ1v) is 5.42. The van der Waals surface area contributed by atoms with Gasteiger partial charge in [0.1, 0.15) is 0 Å². The standard InChI is InChI=1S/C12H15N3O/c1-2-9(13)8-15-11-6-4-3-5-10(11)14-7-12(15)16/h3-7,9H,2,8,13H2,1H3. The van der Waals surface area contributed by atoms with Crippen LogP contribution in [0, 0.1) is 0 Å². The van der Waals surface area contributed by atoms with Crippen LogP contribution in [-0.2, 0) is 6.54 Å². The van der Waals surface area contributed by atoms with Gasteiger partial charge in [-0.2, -0.15) is 0 Å². The SMILES string of the molecule is CCC(N)Cn1c(=O)cnc2ccccc21. The minimum atomic E-state index is -0.0948. The topological polar surface area (TPSA) is 60.9 Å². The van der Waals surface area contributed by atoms with E-state index in [9.17, 15) is 4.79 Å². The normalized spacial score (nSPS) is 12.9. The first kappa shape index (κ1) is 10.8. The van der Waals surface area contributed by atoms with Gasteiger partial charge >= 0.3 is 0 Å². The smallest absolute Gasteiger partial charge is 0.269 e. The van der Waals surface area contributed by atoms with E-state index < -0.39 is 0 Å². The number of rotatable bonds is 3. The van der Waals surface area contributed by atoms with E-state index in [4.69, 9.17) is 5.73 Å². The van der Waals surface area contributed by atoms with Gasteiger partial charge in [-0.3, -0.25) is 4.79 Å². The van der Waals surface area contributed by atoms with Gasteiger partial charge in [-0.1, -0.05) is 19.1 Å². The molecule has 0 fully saturated rings. The van der Waals surface area contributed by atoms with Crippen LogP contribution in [0.3, 0.4) is 0 Å². The maximum atomic E-state index is 11.7. The molecule has 0 spiro atoms. The molecule has 84 valence electrons. The Hall–Kier alpha value is -1.68. The molecule has 2 aromatic rings. The maximum absolute atomic E-state index is 11.7. The van der Waals surface area contributed by atoms with E-state index in [1.165, 1.54) is 6.20 Å². The molecule has 0 aliphatic carbocycles. The highest BCUT2D eigenvalue weighted by Crippen LogP contribution is 2.08. The van der Waals surface area contributed by atoms with Gasteiger partial charge in [-0.05, 0) is 18.6 Å². The minimum absolute atomic E-state index is 0.00325. The molecule has 1 heterocycles. The number of aromatic nitrogens is 2. The number of nitrogens with zero attached hydrogens (tertiary/aromatic N) is 2. The lowest BCUT2D eigenvalue weighted by molar-refractivity contribution is 0.538. The number of benzene rings is 1. The number of hydrogen-bond acceptors (Lipinski definition) is 3. The first-order chi connectivity index (χ1) is 7.72. The molecule has 0 bridgehead atoms. The van der Waals surface area contributed by atoms with Crippen molar-refractivity contribution < 1.29 is 0 Å². The maximum Gasteiger partial charge on any atom is 0.269 e. The molecule has 0 radical (unpaired) electrons. The zero-order chi connectivity index (χ0) is 11.5. The van der Waals surface area contributed by atoms with Crippen LogP contribution in [-0.4, -0.2) is 15.6 Å². The summed E-state index contributed by atoms with van der Waals surface area (Å²) in [5.41, 5.74) is 7.46. The Morgan fingerprint density at radius 3 is 2.94 bits per heavy atom. The van der Waals surface area contributed by atoms with Crippen molar-refractivity contribution in [3.8, 4) is 0 Å². The third-order valence-electron chi connectivity index (χ3n) is 2.69. The Kier molecular flexibility index (Phi) is 3.01. The van der Waals surface area contributed by atoms with E-state index in [2.05, 4.69) is 4.98 Å². The summed E-state index contributed by atoms with van der Waals surface area (Å²) in [4.78, 5) is 15.8. The molecule has 2 N–H and O–H groups in total. The molecule has 1 atom stereocenters. The van der Waals surface area contributed by atoms with Crippen LogP contribution < -0.4 is 11.3 Å². The molecule has 0 saturated heterocycles. The van der Waals surface area contributed by atoms with Gasteiger partial charge in [0.25, 0.3) is 5.56 Å². The van der Waals surface area contributed by atoms with Crippen molar-refractivity contribution in [2.45, 2.75) is 25.9 Å². The van der Waals surface area contributed by atoms with Crippen molar-refractivity contribution in [3.05, 3.63) is 40.8 Å². The lowest BCUT2D eigenvalue weighted by atomic mass is 10.2. The lowest BCUT2D eigenvalue weighted by Gasteiger charge is -2.13. The van der Waals surface area contributed by atoms with Crippen LogP contribution in [0.25, 0.3) is 11.0 Å². The van der Waals surface area contributed by atoms with E-state index in [0.29, 0.717) is 6.54 Å². The van der Waals surface area contributed by atoms with Crippen LogP contribution >= 0.6 is 0 Å². The van der Waals surface area contributed by atoms with Gasteiger partial charge in [0.15, 0.2) is 0 Å². The van der Waals surface area contributed by atoms with Crippen LogP contribution in [0.1, 0.15) is 13.3 Å². The van der Waals surface area contributed by atoms with Gasteiger partial charge in [0.05, 0.1) is 17.2 Å². The fraction of sp³-hybridized carbons (Fsp3) is 0.333. The van der Waals surface area contributed by atoms with E-state index in [1.807, 2.05) is 31.2 Å². The Bertz CT molecular complexity index is 547. The van der Waals surface area contributed by atoms with E-state index in [0.717, 1.165) is 17.5 Å². The zero-order valence-corrected chi connectivity index (χ0v) is 9.26. The molecule has 1 aromatic heterocycles. The number of para-hydroxylation sites is 2. The second kappa shape index (κ2) is 4.45. The van der Waals surface area contributed by atoms with Gasteiger partial charge in [-0.25, -0.2) is 4.98 Å². The summed E-state index contributed by atoms with van der Waals surface area (Å²) in [6, 6.07) is 7.60. The molecule has 4 heteroatoms. The summed E-state index contributed by atoms with van der Waals surface area (Å²) in [7, 11) is 0. The molecule has 2 rings (SSSR count). The monoisotopic (exact) mass is 217 g/mol. The number of hydrogen-bond donors (Lipinski definition) is 1. The van der Waals surface area contributed by atoms with Crippen molar-refractivity contribution in [2.75, 3.05) is 0 Å². The molecule has 0 saturated carbocycles. The average molecular weight is 217 g/mol. The van der Waals surface area contributed by atoms with Crippen LogP contribution in [0.4, 0.5) is 0 Å². The third kappa shape index (κ3) is 1.97. The summed E-state index contributed by atoms with van der Waals surface area (Å²) < 4.78 is 1.69. The number of fused-ring (bicyclic) bond motifs is 1. The second-order valence-electron chi connectivity index (χ2n) is 3.86. The van der Waals surface area contributed by atoms with Gasteiger partial charge in [0.2, 0.25) is 0 Å². The van der Waals surface area contributed by atoms with Crippen molar-refractivity contribution in [1.82, 2.24) is 9.55 Å². The quantitative estimate of drug-likeness (QED) is 0.838. The van der Waals surface area contributed by atoms with Crippen LogP contribution in [0.5, 0.6) is 0 Å². The highest BCUT2D eigenvalue weighted by atomic mass is 16.1. The fourth-order valence-electron chi connectivity index (χ4n) is 1.67. The average Bonchev–Trinajstić information content (AvgIpc) is 2.32. The van der Waals surface area contributed by atoms with Crippen molar-refractivity contribution in [2.24, 2.45) is 5.73 Å². The van der Waals surface area contributed by atoms with E-state index >= 15 is 0 Å². The lowest BCUT2D eigenvalue weighted by Crippen LogP contribution is -2.31. The Morgan fingerprint density at radius 1 is 1.44 bits per heavy atom. The summed E-state index contributed by atoms with van der Waals surface area (Å²) in [5.74, 6) is 0. The van der Waals surface area contributed by atoms with Gasteiger partial charge in [0, 0.05) is 12.6 Å². The fourth-order valence-corrected chi connectivity index (χ4v) is 1.67. The molecular weight excluding hydrogens is 202 g/mol. The zero-order valence-electron chi connectivity index (χ0n) is 9.26. The Morgan fingerprint density at radius 2 is 2.19 bits per heavy atom. The molecule has 0 amide bonds. The second-order valence-corrected chi connectivity index (χ2v) is 3.86. The van der Waals surface area contributed by atoms with Crippen molar-refractivity contribution in [3.63, 3.8) is 0 Å². The van der Waals surface area contributed by atoms with Crippen molar-refractivity contribution in [1.29, 1.82) is 0 Å². The molecule has 4 nitrogen and oxygen atoms in total. The molecule has 1 unspecified atom stereocenters. The number of nitrogens with two attached hydrogens (primary N) is 1. The predicted molar refractivity (Wildman–Crippen MR) is 64.3 cm³/mol. The molecule has 0 aliphatic rings. The summed E-state index contributed by atoms with van der Waals surface area (Å²) in [5, 5.41) is 0. The van der Waals surface area contributed by atoms with Gasteiger partial charge < -0.3 is 10.3 Å². The molecular formula is C12H15N3O. The molecule has 0 aliphatic heterocycles. The highest BCUT2D eigenvalue weighted by Gasteiger charge is 2.06. The van der Waals surface area contributed by atoms with Crippen LogP contribution in [0.15, 0.2) is 35.3 Å².